The fraction of sp³-hybridized carbons (Fsp3) is 0.200. The molecule has 1 heterocycles. The van der Waals surface area contributed by atoms with Crippen LogP contribution in [0.4, 0.5) is 15.8 Å². The third-order valence-electron chi connectivity index (χ3n) is 3.84. The van der Waals surface area contributed by atoms with Gasteiger partial charge in [0.05, 0.1) is 5.02 Å². The largest absolute Gasteiger partial charge is 0.449 e. The third-order valence-corrected chi connectivity index (χ3v) is 4.13. The first kappa shape index (κ1) is 18.9. The molecule has 0 aliphatic heterocycles. The highest BCUT2D eigenvalue weighted by Crippen LogP contribution is 2.32. The lowest BCUT2D eigenvalue weighted by atomic mass is 10.1. The Morgan fingerprint density at radius 3 is 2.59 bits per heavy atom. The fourth-order valence-corrected chi connectivity index (χ4v) is 2.83. The number of amides is 2. The van der Waals surface area contributed by atoms with Crippen LogP contribution in [0.5, 0.6) is 0 Å². The Morgan fingerprint density at radius 1 is 1.15 bits per heavy atom. The van der Waals surface area contributed by atoms with Crippen molar-refractivity contribution in [2.24, 2.45) is 5.92 Å². The molecule has 0 atom stereocenters. The van der Waals surface area contributed by atoms with Gasteiger partial charge in [0, 0.05) is 17.5 Å². The van der Waals surface area contributed by atoms with Gasteiger partial charge in [0.15, 0.2) is 0 Å². The average molecular weight is 389 g/mol. The highest BCUT2D eigenvalue weighted by molar-refractivity contribution is 6.31. The van der Waals surface area contributed by atoms with E-state index in [4.69, 9.17) is 16.0 Å². The fourth-order valence-electron chi connectivity index (χ4n) is 2.65. The van der Waals surface area contributed by atoms with E-state index in [0.717, 1.165) is 6.07 Å². The Morgan fingerprint density at radius 2 is 1.89 bits per heavy atom. The van der Waals surface area contributed by atoms with E-state index in [1.54, 1.807) is 24.3 Å². The first-order valence-corrected chi connectivity index (χ1v) is 8.80. The second kappa shape index (κ2) is 7.80. The number of furan rings is 1. The predicted molar refractivity (Wildman–Crippen MR) is 104 cm³/mol. The van der Waals surface area contributed by atoms with Crippen molar-refractivity contribution in [2.75, 3.05) is 10.6 Å². The van der Waals surface area contributed by atoms with Crippen molar-refractivity contribution in [1.82, 2.24) is 0 Å². The van der Waals surface area contributed by atoms with Gasteiger partial charge in [-0.3, -0.25) is 9.59 Å². The molecule has 0 spiro atoms. The van der Waals surface area contributed by atoms with Crippen LogP contribution < -0.4 is 10.6 Å². The van der Waals surface area contributed by atoms with E-state index in [9.17, 15) is 14.0 Å². The molecule has 0 aliphatic rings. The molecule has 0 aliphatic carbocycles. The molecule has 140 valence electrons. The number of para-hydroxylation sites is 1. The van der Waals surface area contributed by atoms with Gasteiger partial charge in [-0.05, 0) is 36.2 Å². The number of halogens is 2. The van der Waals surface area contributed by atoms with Crippen LogP contribution in [0.25, 0.3) is 11.0 Å². The van der Waals surface area contributed by atoms with Gasteiger partial charge in [-0.2, -0.15) is 0 Å². The zero-order chi connectivity index (χ0) is 19.6. The molecule has 2 aromatic carbocycles. The van der Waals surface area contributed by atoms with Crippen molar-refractivity contribution in [3.63, 3.8) is 0 Å². The maximum absolute atomic E-state index is 13.3. The highest BCUT2D eigenvalue weighted by atomic mass is 35.5. The first-order chi connectivity index (χ1) is 12.8. The van der Waals surface area contributed by atoms with E-state index in [1.807, 2.05) is 13.8 Å². The van der Waals surface area contributed by atoms with Crippen LogP contribution in [0.2, 0.25) is 5.02 Å². The molecule has 3 rings (SSSR count). The van der Waals surface area contributed by atoms with Crippen LogP contribution in [0.15, 0.2) is 46.9 Å². The van der Waals surface area contributed by atoms with Crippen LogP contribution in [-0.4, -0.2) is 11.8 Å². The first-order valence-electron chi connectivity index (χ1n) is 8.43. The Labute approximate surface area is 160 Å². The molecule has 0 bridgehead atoms. The topological polar surface area (TPSA) is 71.3 Å². The number of nitrogens with one attached hydrogen (secondary N) is 2. The summed E-state index contributed by atoms with van der Waals surface area (Å²) in [6.45, 7) is 3.86. The van der Waals surface area contributed by atoms with Crippen molar-refractivity contribution in [1.29, 1.82) is 0 Å². The van der Waals surface area contributed by atoms with Crippen molar-refractivity contribution in [3.05, 3.63) is 59.1 Å². The lowest BCUT2D eigenvalue weighted by Gasteiger charge is -2.09. The minimum atomic E-state index is -0.583. The maximum atomic E-state index is 13.3. The van der Waals surface area contributed by atoms with Gasteiger partial charge in [0.25, 0.3) is 5.91 Å². The lowest BCUT2D eigenvalue weighted by Crippen LogP contribution is -2.18. The van der Waals surface area contributed by atoms with Crippen LogP contribution in [0.1, 0.15) is 30.8 Å². The van der Waals surface area contributed by atoms with Crippen LogP contribution >= 0.6 is 11.6 Å². The number of rotatable bonds is 5. The SMILES string of the molecule is CC(C)CC(=O)Nc1c(C(=O)Nc2ccc(F)c(Cl)c2)oc2ccccc12. The van der Waals surface area contributed by atoms with E-state index < -0.39 is 11.7 Å². The molecule has 0 fully saturated rings. The quantitative estimate of drug-likeness (QED) is 0.609. The minimum Gasteiger partial charge on any atom is -0.449 e. The predicted octanol–water partition coefficient (Wildman–Crippen LogP) is 5.46. The molecule has 2 N–H and O–H groups in total. The van der Waals surface area contributed by atoms with Crippen molar-refractivity contribution < 1.29 is 18.4 Å². The van der Waals surface area contributed by atoms with Gasteiger partial charge < -0.3 is 15.1 Å². The van der Waals surface area contributed by atoms with Crippen molar-refractivity contribution in [2.45, 2.75) is 20.3 Å². The van der Waals surface area contributed by atoms with Gasteiger partial charge in [-0.15, -0.1) is 0 Å². The average Bonchev–Trinajstić information content (AvgIpc) is 2.96. The summed E-state index contributed by atoms with van der Waals surface area (Å²) >= 11 is 5.75. The van der Waals surface area contributed by atoms with Gasteiger partial charge in [0.2, 0.25) is 11.7 Å². The summed E-state index contributed by atoms with van der Waals surface area (Å²) in [5, 5.41) is 5.89. The number of carbonyl (C=O) groups is 2. The van der Waals surface area contributed by atoms with E-state index in [0.29, 0.717) is 28.8 Å². The summed E-state index contributed by atoms with van der Waals surface area (Å²) in [4.78, 5) is 24.9. The minimum absolute atomic E-state index is 0.0336. The van der Waals surface area contributed by atoms with Crippen molar-refractivity contribution >= 4 is 45.8 Å². The molecule has 7 heteroatoms. The summed E-state index contributed by atoms with van der Waals surface area (Å²) in [5.74, 6) is -1.24. The maximum Gasteiger partial charge on any atom is 0.293 e. The van der Waals surface area contributed by atoms with Crippen LogP contribution in [-0.2, 0) is 4.79 Å². The number of carbonyl (C=O) groups excluding carboxylic acids is 2. The molecule has 2 amide bonds. The Hall–Kier alpha value is -2.86. The number of hydrogen-bond acceptors (Lipinski definition) is 3. The van der Waals surface area contributed by atoms with Crippen molar-refractivity contribution in [3.8, 4) is 0 Å². The summed E-state index contributed by atoms with van der Waals surface area (Å²) < 4.78 is 19.0. The van der Waals surface area contributed by atoms with Gasteiger partial charge in [-0.25, -0.2) is 4.39 Å². The zero-order valence-electron chi connectivity index (χ0n) is 14.8. The zero-order valence-corrected chi connectivity index (χ0v) is 15.6. The van der Waals surface area contributed by atoms with Gasteiger partial charge in [-0.1, -0.05) is 37.6 Å². The number of fused-ring (bicyclic) bond motifs is 1. The smallest absolute Gasteiger partial charge is 0.293 e. The second-order valence-corrected chi connectivity index (χ2v) is 6.94. The summed E-state index contributed by atoms with van der Waals surface area (Å²) in [5.41, 5.74) is 1.09. The van der Waals surface area contributed by atoms with E-state index >= 15 is 0 Å². The summed E-state index contributed by atoms with van der Waals surface area (Å²) in [6, 6.07) is 10.9. The van der Waals surface area contributed by atoms with Gasteiger partial charge in [0.1, 0.15) is 17.1 Å². The Kier molecular flexibility index (Phi) is 5.46. The standard InChI is InChI=1S/C20H18ClFN2O3/c1-11(2)9-17(25)24-18-13-5-3-4-6-16(13)27-19(18)20(26)23-12-7-8-15(22)14(21)10-12/h3-8,10-11H,9H2,1-2H3,(H,23,26)(H,24,25). The normalized spacial score (nSPS) is 11.0. The molecule has 0 saturated heterocycles. The van der Waals surface area contributed by atoms with Gasteiger partial charge >= 0.3 is 0 Å². The van der Waals surface area contributed by atoms with Crippen LogP contribution in [0.3, 0.4) is 0 Å². The van der Waals surface area contributed by atoms with E-state index in [2.05, 4.69) is 10.6 Å². The number of hydrogen-bond donors (Lipinski definition) is 2. The van der Waals surface area contributed by atoms with E-state index in [1.165, 1.54) is 12.1 Å². The molecule has 5 nitrogen and oxygen atoms in total. The molecular formula is C20H18ClFN2O3. The number of anilines is 2. The Balaban J connectivity index is 1.94. The molecule has 0 radical (unpaired) electrons. The monoisotopic (exact) mass is 388 g/mol. The molecule has 27 heavy (non-hydrogen) atoms. The second-order valence-electron chi connectivity index (χ2n) is 6.53. The summed E-state index contributed by atoms with van der Waals surface area (Å²) in [6.07, 6.45) is 0.314. The Bertz CT molecular complexity index is 1010. The molecular weight excluding hydrogens is 371 g/mol. The molecule has 1 aromatic heterocycles. The van der Waals surface area contributed by atoms with Crippen LogP contribution in [0, 0.1) is 11.7 Å². The highest BCUT2D eigenvalue weighted by Gasteiger charge is 2.22. The lowest BCUT2D eigenvalue weighted by molar-refractivity contribution is -0.116. The molecule has 0 saturated carbocycles. The number of benzene rings is 2. The molecule has 0 unspecified atom stereocenters. The van der Waals surface area contributed by atoms with E-state index in [-0.39, 0.29) is 22.6 Å². The third kappa shape index (κ3) is 4.28. The molecule has 3 aromatic rings. The summed E-state index contributed by atoms with van der Waals surface area (Å²) in [7, 11) is 0.